The van der Waals surface area contributed by atoms with E-state index in [0.29, 0.717) is 11.2 Å². The van der Waals surface area contributed by atoms with Gasteiger partial charge in [-0.2, -0.15) is 8.75 Å². The van der Waals surface area contributed by atoms with Crippen LogP contribution in [0.2, 0.25) is 5.15 Å². The molecule has 1 aromatic heterocycles. The number of anilines is 1. The lowest BCUT2D eigenvalue weighted by molar-refractivity contribution is 0.273. The molecule has 2 aliphatic rings. The second-order valence-electron chi connectivity index (χ2n) is 4.51. The Labute approximate surface area is 105 Å². The third-order valence-electron chi connectivity index (χ3n) is 3.54. The molecule has 3 rings (SSSR count). The highest BCUT2D eigenvalue weighted by Gasteiger charge is 2.30. The molecule has 0 N–H and O–H groups in total. The van der Waals surface area contributed by atoms with Crippen molar-refractivity contribution in [1.29, 1.82) is 0 Å². The van der Waals surface area contributed by atoms with Gasteiger partial charge in [0.2, 0.25) is 0 Å². The second-order valence-corrected chi connectivity index (χ2v) is 5.40. The third kappa shape index (κ3) is 1.92. The largest absolute Gasteiger partial charge is 0.352 e. The fraction of sp³-hybridized carbons (Fsp3) is 0.800. The summed E-state index contributed by atoms with van der Waals surface area (Å²) in [5.41, 5.74) is 0. The molecule has 4 nitrogen and oxygen atoms in total. The van der Waals surface area contributed by atoms with Crippen LogP contribution in [0.1, 0.15) is 19.3 Å². The van der Waals surface area contributed by atoms with E-state index in [1.54, 1.807) is 0 Å². The number of fused-ring (bicyclic) bond motifs is 1. The summed E-state index contributed by atoms with van der Waals surface area (Å²) in [5, 5.41) is 0.566. The van der Waals surface area contributed by atoms with Gasteiger partial charge in [-0.1, -0.05) is 11.6 Å². The maximum Gasteiger partial charge on any atom is 0.187 e. The first-order valence-corrected chi connectivity index (χ1v) is 6.92. The molecule has 0 spiro atoms. The summed E-state index contributed by atoms with van der Waals surface area (Å²) >= 11 is 7.26. The Morgan fingerprint density at radius 2 is 2.06 bits per heavy atom. The van der Waals surface area contributed by atoms with Crippen molar-refractivity contribution in [2.45, 2.75) is 25.3 Å². The van der Waals surface area contributed by atoms with Crippen molar-refractivity contribution in [3.63, 3.8) is 0 Å². The van der Waals surface area contributed by atoms with Crippen molar-refractivity contribution in [2.75, 3.05) is 31.1 Å². The van der Waals surface area contributed by atoms with Crippen molar-refractivity contribution in [1.82, 2.24) is 13.6 Å². The first-order valence-electron chi connectivity index (χ1n) is 5.81. The van der Waals surface area contributed by atoms with E-state index >= 15 is 0 Å². The molecule has 2 saturated heterocycles. The van der Waals surface area contributed by atoms with Crippen molar-refractivity contribution < 1.29 is 0 Å². The van der Waals surface area contributed by atoms with Crippen LogP contribution in [0.4, 0.5) is 5.82 Å². The highest BCUT2D eigenvalue weighted by molar-refractivity contribution is 6.99. The van der Waals surface area contributed by atoms with Gasteiger partial charge >= 0.3 is 0 Å². The molecular weight excluding hydrogens is 244 g/mol. The van der Waals surface area contributed by atoms with Crippen molar-refractivity contribution in [2.24, 2.45) is 0 Å². The van der Waals surface area contributed by atoms with Gasteiger partial charge in [0.05, 0.1) is 11.7 Å². The van der Waals surface area contributed by atoms with Gasteiger partial charge in [0.25, 0.3) is 0 Å². The summed E-state index contributed by atoms with van der Waals surface area (Å²) in [7, 11) is 0. The Morgan fingerprint density at radius 3 is 2.88 bits per heavy atom. The fourth-order valence-electron chi connectivity index (χ4n) is 2.76. The lowest BCUT2D eigenvalue weighted by Crippen LogP contribution is -2.36. The summed E-state index contributed by atoms with van der Waals surface area (Å²) < 4.78 is 8.35. The van der Waals surface area contributed by atoms with Gasteiger partial charge in [0.15, 0.2) is 11.0 Å². The van der Waals surface area contributed by atoms with Gasteiger partial charge in [-0.15, -0.1) is 0 Å². The Kier molecular flexibility index (Phi) is 3.00. The molecule has 0 aromatic carbocycles. The Morgan fingerprint density at radius 1 is 1.19 bits per heavy atom. The van der Waals surface area contributed by atoms with Gasteiger partial charge in [-0.3, -0.25) is 4.90 Å². The van der Waals surface area contributed by atoms with Crippen LogP contribution in [-0.4, -0.2) is 45.9 Å². The number of halogens is 1. The maximum atomic E-state index is 6.05. The minimum atomic E-state index is 0.566. The van der Waals surface area contributed by atoms with Crippen molar-refractivity contribution in [3.05, 3.63) is 5.15 Å². The molecule has 0 saturated carbocycles. The Hall–Kier alpha value is -0.390. The van der Waals surface area contributed by atoms with E-state index in [0.717, 1.165) is 18.9 Å². The van der Waals surface area contributed by atoms with Crippen LogP contribution in [0.15, 0.2) is 0 Å². The molecule has 1 unspecified atom stereocenters. The molecule has 1 atom stereocenters. The van der Waals surface area contributed by atoms with E-state index < -0.39 is 0 Å². The van der Waals surface area contributed by atoms with Crippen LogP contribution < -0.4 is 4.90 Å². The summed E-state index contributed by atoms with van der Waals surface area (Å²) in [4.78, 5) is 4.91. The molecule has 2 aliphatic heterocycles. The molecule has 0 aliphatic carbocycles. The summed E-state index contributed by atoms with van der Waals surface area (Å²) in [6, 6.07) is 0.695. The molecule has 6 heteroatoms. The van der Waals surface area contributed by atoms with Crippen molar-refractivity contribution >= 4 is 29.1 Å². The Balaban J connectivity index is 1.79. The topological polar surface area (TPSA) is 32.3 Å². The van der Waals surface area contributed by atoms with Crippen LogP contribution in [0.5, 0.6) is 0 Å². The lowest BCUT2D eigenvalue weighted by atomic mass is 10.2. The number of rotatable bonds is 1. The number of nitrogens with zero attached hydrogens (tertiary/aromatic N) is 4. The van der Waals surface area contributed by atoms with E-state index in [2.05, 4.69) is 18.5 Å². The van der Waals surface area contributed by atoms with Gasteiger partial charge in [0.1, 0.15) is 0 Å². The SMILES string of the molecule is Clc1nsnc1N1CCCN2CCCC2C1. The van der Waals surface area contributed by atoms with Crippen LogP contribution in [0.25, 0.3) is 0 Å². The predicted octanol–water partition coefficient (Wildman–Crippen LogP) is 1.87. The summed E-state index contributed by atoms with van der Waals surface area (Å²) in [5.74, 6) is 0.889. The zero-order chi connectivity index (χ0) is 11.0. The first kappa shape index (κ1) is 10.7. The molecular formula is C10H15ClN4S. The average Bonchev–Trinajstić information content (AvgIpc) is 2.83. The zero-order valence-electron chi connectivity index (χ0n) is 9.10. The molecule has 1 aromatic rings. The average molecular weight is 259 g/mol. The molecule has 2 fully saturated rings. The summed E-state index contributed by atoms with van der Waals surface area (Å²) in [6.45, 7) is 4.60. The highest BCUT2D eigenvalue weighted by Crippen LogP contribution is 2.28. The molecule has 88 valence electrons. The second kappa shape index (κ2) is 4.47. The minimum absolute atomic E-state index is 0.566. The number of hydrogen-bond donors (Lipinski definition) is 0. The number of aromatic nitrogens is 2. The van der Waals surface area contributed by atoms with Gasteiger partial charge in [-0.25, -0.2) is 0 Å². The number of hydrogen-bond acceptors (Lipinski definition) is 5. The standard InChI is InChI=1S/C10H15ClN4S/c11-9-10(13-16-12-9)15-6-2-5-14-4-1-3-8(14)7-15/h8H,1-7H2. The molecule has 0 radical (unpaired) electrons. The lowest BCUT2D eigenvalue weighted by Gasteiger charge is -2.25. The monoisotopic (exact) mass is 258 g/mol. The predicted molar refractivity (Wildman–Crippen MR) is 66.3 cm³/mol. The minimum Gasteiger partial charge on any atom is -0.352 e. The smallest absolute Gasteiger partial charge is 0.187 e. The van der Waals surface area contributed by atoms with E-state index in [-0.39, 0.29) is 0 Å². The molecule has 16 heavy (non-hydrogen) atoms. The summed E-state index contributed by atoms with van der Waals surface area (Å²) in [6.07, 6.45) is 3.84. The van der Waals surface area contributed by atoms with Crippen LogP contribution in [0.3, 0.4) is 0 Å². The van der Waals surface area contributed by atoms with E-state index in [1.807, 2.05) is 0 Å². The molecule has 0 bridgehead atoms. The zero-order valence-corrected chi connectivity index (χ0v) is 10.7. The van der Waals surface area contributed by atoms with Gasteiger partial charge < -0.3 is 4.90 Å². The van der Waals surface area contributed by atoms with E-state index in [4.69, 9.17) is 11.6 Å². The Bertz CT molecular complexity index is 369. The molecule has 3 heterocycles. The van der Waals surface area contributed by atoms with Crippen molar-refractivity contribution in [3.8, 4) is 0 Å². The quantitative estimate of drug-likeness (QED) is 0.770. The molecule has 0 amide bonds. The van der Waals surface area contributed by atoms with Crippen LogP contribution in [-0.2, 0) is 0 Å². The van der Waals surface area contributed by atoms with Crippen LogP contribution in [0, 0.1) is 0 Å². The normalized spacial score (nSPS) is 26.8. The van der Waals surface area contributed by atoms with Gasteiger partial charge in [-0.05, 0) is 25.8 Å². The van der Waals surface area contributed by atoms with Gasteiger partial charge in [0, 0.05) is 25.7 Å². The highest BCUT2D eigenvalue weighted by atomic mass is 35.5. The first-order chi connectivity index (χ1) is 7.84. The third-order valence-corrected chi connectivity index (χ3v) is 4.41. The fourth-order valence-corrected chi connectivity index (χ4v) is 3.54. The maximum absolute atomic E-state index is 6.05. The van der Waals surface area contributed by atoms with E-state index in [9.17, 15) is 0 Å². The van der Waals surface area contributed by atoms with E-state index in [1.165, 1.54) is 44.1 Å². The van der Waals surface area contributed by atoms with Crippen LogP contribution >= 0.6 is 23.3 Å².